The fourth-order valence-electron chi connectivity index (χ4n) is 0.608. The summed E-state index contributed by atoms with van der Waals surface area (Å²) in [7, 11) is 0. The van der Waals surface area contributed by atoms with Crippen LogP contribution in [0.4, 0.5) is 0 Å². The number of halogens is 1. The van der Waals surface area contributed by atoms with Gasteiger partial charge in [0.1, 0.15) is 0 Å². The molecule has 4 heteroatoms. The maximum Gasteiger partial charge on any atom is 0.0572 e. The third-order valence-corrected chi connectivity index (χ3v) is 1.26. The molecule has 0 aliphatic carbocycles. The first-order valence-corrected chi connectivity index (χ1v) is 3.92. The highest BCUT2D eigenvalue weighted by atomic mass is 79.9. The first-order valence-electron chi connectivity index (χ1n) is 3.13. The molecule has 0 aromatic heterocycles. The molecular formula is C7H8BrN3. The Bertz CT molecular complexity index is 230. The van der Waals surface area contributed by atoms with Crippen molar-refractivity contribution in [3.63, 3.8) is 0 Å². The molecule has 0 unspecified atom stereocenters. The molecule has 0 fully saturated rings. The van der Waals surface area contributed by atoms with Gasteiger partial charge in [-0.2, -0.15) is 5.10 Å². The third kappa shape index (κ3) is 3.13. The van der Waals surface area contributed by atoms with Crippen LogP contribution in [0.15, 0.2) is 33.1 Å². The number of aliphatic imine (C=N–C) groups is 1. The summed E-state index contributed by atoms with van der Waals surface area (Å²) in [6.45, 7) is 3.61. The summed E-state index contributed by atoms with van der Waals surface area (Å²) in [6.07, 6.45) is 5.98. The predicted molar refractivity (Wildman–Crippen MR) is 50.9 cm³/mol. The van der Waals surface area contributed by atoms with Crippen molar-refractivity contribution in [1.29, 1.82) is 0 Å². The van der Waals surface area contributed by atoms with Crippen LogP contribution in [0.3, 0.4) is 0 Å². The molecule has 3 nitrogen and oxygen atoms in total. The van der Waals surface area contributed by atoms with Crippen LogP contribution in [0.2, 0.25) is 0 Å². The van der Waals surface area contributed by atoms with Crippen LogP contribution < -0.4 is 5.43 Å². The van der Waals surface area contributed by atoms with Crippen LogP contribution in [-0.2, 0) is 0 Å². The molecule has 1 aliphatic rings. The number of nitrogens with zero attached hydrogens (tertiary/aromatic N) is 2. The maximum absolute atomic E-state index is 3.98. The van der Waals surface area contributed by atoms with Crippen molar-refractivity contribution in [3.8, 4) is 0 Å². The molecular weight excluding hydrogens is 206 g/mol. The summed E-state index contributed by atoms with van der Waals surface area (Å²) < 4.78 is 0.758. The van der Waals surface area contributed by atoms with Gasteiger partial charge in [-0.05, 0) is 15.9 Å². The first-order chi connectivity index (χ1) is 5.29. The monoisotopic (exact) mass is 213 g/mol. The second kappa shape index (κ2) is 4.08. The van der Waals surface area contributed by atoms with Gasteiger partial charge in [0.2, 0.25) is 0 Å². The molecule has 0 aromatic carbocycles. The Hall–Kier alpha value is -0.900. The van der Waals surface area contributed by atoms with E-state index in [2.05, 4.69) is 38.0 Å². The van der Waals surface area contributed by atoms with Gasteiger partial charge in [0, 0.05) is 29.5 Å². The van der Waals surface area contributed by atoms with Crippen molar-refractivity contribution in [2.75, 3.05) is 0 Å². The van der Waals surface area contributed by atoms with Crippen LogP contribution in [0, 0.1) is 0 Å². The van der Waals surface area contributed by atoms with E-state index in [9.17, 15) is 0 Å². The van der Waals surface area contributed by atoms with E-state index in [0.29, 0.717) is 0 Å². The molecule has 11 heavy (non-hydrogen) atoms. The minimum atomic E-state index is 0.758. The SMILES string of the molecule is C=C(Br)C=N/C=C1\CC=NN1. The standard InChI is InChI=1S/C7H8BrN3/c1-6(8)4-9-5-7-2-3-10-11-7/h3-5,11H,1-2H2/b7-5+,9-4?. The Kier molecular flexibility index (Phi) is 3.04. The van der Waals surface area contributed by atoms with E-state index in [1.54, 1.807) is 18.6 Å². The van der Waals surface area contributed by atoms with Crippen LogP contribution in [-0.4, -0.2) is 12.4 Å². The Morgan fingerprint density at radius 2 is 2.73 bits per heavy atom. The quantitative estimate of drug-likeness (QED) is 0.699. The van der Waals surface area contributed by atoms with E-state index in [1.807, 2.05) is 0 Å². The van der Waals surface area contributed by atoms with Gasteiger partial charge in [-0.25, -0.2) is 0 Å². The lowest BCUT2D eigenvalue weighted by Crippen LogP contribution is -1.95. The van der Waals surface area contributed by atoms with Crippen LogP contribution in [0.1, 0.15) is 6.42 Å². The molecule has 0 spiro atoms. The van der Waals surface area contributed by atoms with Crippen LogP contribution in [0.5, 0.6) is 0 Å². The van der Waals surface area contributed by atoms with E-state index in [-0.39, 0.29) is 0 Å². The second-order valence-electron chi connectivity index (χ2n) is 2.01. The summed E-state index contributed by atoms with van der Waals surface area (Å²) in [5.41, 5.74) is 3.80. The van der Waals surface area contributed by atoms with Gasteiger partial charge >= 0.3 is 0 Å². The molecule has 58 valence electrons. The number of rotatable bonds is 2. The van der Waals surface area contributed by atoms with Gasteiger partial charge in [-0.3, -0.25) is 10.4 Å². The molecule has 1 N–H and O–H groups in total. The molecule has 1 heterocycles. The highest BCUT2D eigenvalue weighted by molar-refractivity contribution is 9.12. The number of allylic oxidation sites excluding steroid dienone is 2. The molecule has 0 radical (unpaired) electrons. The summed E-state index contributed by atoms with van der Waals surface area (Å²) in [6, 6.07) is 0. The van der Waals surface area contributed by atoms with Crippen molar-refractivity contribution in [2.45, 2.75) is 6.42 Å². The van der Waals surface area contributed by atoms with Gasteiger partial charge in [0.05, 0.1) is 5.70 Å². The van der Waals surface area contributed by atoms with Gasteiger partial charge in [0.25, 0.3) is 0 Å². The summed E-state index contributed by atoms with van der Waals surface area (Å²) in [5, 5.41) is 3.81. The summed E-state index contributed by atoms with van der Waals surface area (Å²) in [4.78, 5) is 3.98. The fourth-order valence-corrected chi connectivity index (χ4v) is 0.726. The maximum atomic E-state index is 3.98. The van der Waals surface area contributed by atoms with Crippen molar-refractivity contribution in [2.24, 2.45) is 10.1 Å². The van der Waals surface area contributed by atoms with Crippen molar-refractivity contribution >= 4 is 28.4 Å². The lowest BCUT2D eigenvalue weighted by Gasteiger charge is -1.90. The molecule has 0 bridgehead atoms. The fraction of sp³-hybridized carbons (Fsp3) is 0.143. The predicted octanol–water partition coefficient (Wildman–Crippen LogP) is 1.79. The first kappa shape index (κ1) is 8.20. The van der Waals surface area contributed by atoms with Crippen molar-refractivity contribution < 1.29 is 0 Å². The summed E-state index contributed by atoms with van der Waals surface area (Å²) in [5.74, 6) is 0. The molecule has 1 aliphatic heterocycles. The molecule has 0 saturated carbocycles. The highest BCUT2D eigenvalue weighted by Gasteiger charge is 1.96. The lowest BCUT2D eigenvalue weighted by atomic mass is 10.4. The van der Waals surface area contributed by atoms with Crippen LogP contribution >= 0.6 is 15.9 Å². The van der Waals surface area contributed by atoms with Gasteiger partial charge in [0.15, 0.2) is 0 Å². The lowest BCUT2D eigenvalue weighted by molar-refractivity contribution is 0.919. The highest BCUT2D eigenvalue weighted by Crippen LogP contribution is 2.01. The molecule has 0 aromatic rings. The van der Waals surface area contributed by atoms with E-state index in [4.69, 9.17) is 0 Å². The zero-order valence-electron chi connectivity index (χ0n) is 5.92. The molecule has 0 saturated heterocycles. The normalized spacial score (nSPS) is 19.5. The van der Waals surface area contributed by atoms with E-state index in [0.717, 1.165) is 16.6 Å². The molecule has 0 amide bonds. The smallest absolute Gasteiger partial charge is 0.0572 e. The van der Waals surface area contributed by atoms with Gasteiger partial charge in [-0.1, -0.05) is 6.58 Å². The van der Waals surface area contributed by atoms with E-state index in [1.165, 1.54) is 0 Å². The zero-order valence-corrected chi connectivity index (χ0v) is 7.50. The summed E-state index contributed by atoms with van der Waals surface area (Å²) >= 11 is 3.16. The minimum absolute atomic E-state index is 0.758. The van der Waals surface area contributed by atoms with E-state index < -0.39 is 0 Å². The minimum Gasteiger partial charge on any atom is -0.281 e. The van der Waals surface area contributed by atoms with Crippen molar-refractivity contribution in [1.82, 2.24) is 5.43 Å². The van der Waals surface area contributed by atoms with Gasteiger partial charge < -0.3 is 0 Å². The Morgan fingerprint density at radius 1 is 1.91 bits per heavy atom. The average Bonchev–Trinajstić information content (AvgIpc) is 2.39. The average molecular weight is 214 g/mol. The van der Waals surface area contributed by atoms with E-state index >= 15 is 0 Å². The number of nitrogens with one attached hydrogen (secondary N) is 1. The number of hydrogen-bond acceptors (Lipinski definition) is 3. The third-order valence-electron chi connectivity index (χ3n) is 1.06. The van der Waals surface area contributed by atoms with Crippen molar-refractivity contribution in [3.05, 3.63) is 23.0 Å². The van der Waals surface area contributed by atoms with Crippen LogP contribution in [0.25, 0.3) is 0 Å². The number of hydrogen-bond donors (Lipinski definition) is 1. The zero-order chi connectivity index (χ0) is 8.10. The Labute approximate surface area is 73.7 Å². The second-order valence-corrected chi connectivity index (χ2v) is 3.03. The Balaban J connectivity index is 2.41. The Morgan fingerprint density at radius 3 is 3.27 bits per heavy atom. The van der Waals surface area contributed by atoms with Gasteiger partial charge in [-0.15, -0.1) is 0 Å². The molecule has 1 rings (SSSR count). The molecule has 0 atom stereocenters. The topological polar surface area (TPSA) is 36.8 Å². The number of hydrazone groups is 1. The largest absolute Gasteiger partial charge is 0.281 e.